The van der Waals surface area contributed by atoms with Crippen molar-refractivity contribution in [3.63, 3.8) is 0 Å². The molecule has 0 saturated heterocycles. The lowest BCUT2D eigenvalue weighted by molar-refractivity contribution is 0.691. The number of hydrogen-bond acceptors (Lipinski definition) is 5. The van der Waals surface area contributed by atoms with Gasteiger partial charge in [-0.15, -0.1) is 5.10 Å². The zero-order valence-electron chi connectivity index (χ0n) is 19.9. The lowest BCUT2D eigenvalue weighted by atomic mass is 9.92. The Morgan fingerprint density at radius 2 is 2.00 bits per heavy atom. The molecule has 174 valence electrons. The molecule has 1 aromatic heterocycles. The van der Waals surface area contributed by atoms with Gasteiger partial charge in [0.15, 0.2) is 5.49 Å². The fourth-order valence-electron chi connectivity index (χ4n) is 4.14. The largest absolute Gasteiger partial charge is 0.401 e. The third-order valence-electron chi connectivity index (χ3n) is 6.07. The maximum atomic E-state index is 6.57. The van der Waals surface area contributed by atoms with Crippen LogP contribution in [-0.4, -0.2) is 31.1 Å². The molecule has 1 fully saturated rings. The van der Waals surface area contributed by atoms with Crippen molar-refractivity contribution in [1.82, 2.24) is 4.57 Å². The van der Waals surface area contributed by atoms with Gasteiger partial charge < -0.3 is 15.2 Å². The first kappa shape index (κ1) is 24.5. The molecule has 0 bridgehead atoms. The Kier molecular flexibility index (Phi) is 7.92. The standard InChI is InChI=1S/C26H33ClN6/c1-7-22(23(28)18-9-10-18)24(29-4)25(19-11-13-20(27)14-12-19)32(6)21-15-17(3)26(31-30-5)33(8-2)16-21/h7,11-16,18,25H,1,5,8-10,28H2,2-4,6H3/b23-22?,29-24?,31-26-. The first-order valence-corrected chi connectivity index (χ1v) is 11.5. The number of allylic oxidation sites excluding steroid dienone is 2. The molecule has 1 heterocycles. The second kappa shape index (κ2) is 10.7. The monoisotopic (exact) mass is 464 g/mol. The summed E-state index contributed by atoms with van der Waals surface area (Å²) in [4.78, 5) is 6.94. The molecule has 3 rings (SSSR count). The number of anilines is 1. The number of nitrogens with two attached hydrogens (primary N) is 1. The van der Waals surface area contributed by atoms with Crippen molar-refractivity contribution in [2.45, 2.75) is 39.3 Å². The van der Waals surface area contributed by atoms with Crippen LogP contribution in [0.2, 0.25) is 5.02 Å². The molecule has 0 aliphatic heterocycles. The van der Waals surface area contributed by atoms with Crippen LogP contribution >= 0.6 is 11.6 Å². The summed E-state index contributed by atoms with van der Waals surface area (Å²) in [5.41, 5.74) is 13.1. The summed E-state index contributed by atoms with van der Waals surface area (Å²) in [6.07, 6.45) is 6.13. The van der Waals surface area contributed by atoms with Gasteiger partial charge in [-0.3, -0.25) is 4.99 Å². The molecule has 2 aromatic rings. The highest BCUT2D eigenvalue weighted by atomic mass is 35.5. The van der Waals surface area contributed by atoms with Gasteiger partial charge >= 0.3 is 0 Å². The second-order valence-electron chi connectivity index (χ2n) is 8.25. The Bertz CT molecular complexity index is 1150. The van der Waals surface area contributed by atoms with Crippen LogP contribution in [-0.2, 0) is 6.54 Å². The third-order valence-corrected chi connectivity index (χ3v) is 6.32. The van der Waals surface area contributed by atoms with Gasteiger partial charge in [0.25, 0.3) is 0 Å². The number of rotatable bonds is 9. The highest BCUT2D eigenvalue weighted by Crippen LogP contribution is 2.38. The molecule has 1 saturated carbocycles. The minimum atomic E-state index is -0.192. The average Bonchev–Trinajstić information content (AvgIpc) is 3.66. The van der Waals surface area contributed by atoms with Gasteiger partial charge in [-0.25, -0.2) is 0 Å². The van der Waals surface area contributed by atoms with Gasteiger partial charge in [0.05, 0.1) is 17.4 Å². The SMILES string of the molecule is C=CC(C(=NC)C(c1ccc(Cl)cc1)N(C)c1cc(C)/c(=N/N=C)n(CC)c1)=C(N)C1CC1. The molecule has 6 nitrogen and oxygen atoms in total. The van der Waals surface area contributed by atoms with E-state index in [9.17, 15) is 0 Å². The van der Waals surface area contributed by atoms with Gasteiger partial charge in [-0.05, 0) is 61.9 Å². The number of hydrogen-bond donors (Lipinski definition) is 1. The van der Waals surface area contributed by atoms with Gasteiger partial charge in [0.1, 0.15) is 0 Å². The third kappa shape index (κ3) is 5.28. The summed E-state index contributed by atoms with van der Waals surface area (Å²) in [5, 5.41) is 8.64. The Hall–Kier alpha value is -3.12. The molecule has 33 heavy (non-hydrogen) atoms. The zero-order chi connectivity index (χ0) is 24.1. The molecule has 1 unspecified atom stereocenters. The predicted octanol–water partition coefficient (Wildman–Crippen LogP) is 5.04. The number of aromatic nitrogens is 1. The van der Waals surface area contributed by atoms with Crippen LogP contribution in [0.3, 0.4) is 0 Å². The van der Waals surface area contributed by atoms with E-state index in [1.807, 2.05) is 44.3 Å². The molecular weight excluding hydrogens is 432 g/mol. The average molecular weight is 465 g/mol. The Balaban J connectivity index is 2.20. The van der Waals surface area contributed by atoms with Crippen molar-refractivity contribution >= 4 is 29.7 Å². The van der Waals surface area contributed by atoms with Crippen LogP contribution in [0.1, 0.15) is 36.9 Å². The summed E-state index contributed by atoms with van der Waals surface area (Å²) in [5.74, 6) is 0.405. The summed E-state index contributed by atoms with van der Waals surface area (Å²) in [6.45, 7) is 12.4. The number of aryl methyl sites for hydroxylation is 2. The quantitative estimate of drug-likeness (QED) is 0.320. The molecule has 0 radical (unpaired) electrons. The van der Waals surface area contributed by atoms with Gasteiger partial charge in [0.2, 0.25) is 0 Å². The van der Waals surface area contributed by atoms with E-state index in [0.717, 1.165) is 58.7 Å². The molecule has 0 spiro atoms. The van der Waals surface area contributed by atoms with E-state index < -0.39 is 0 Å². The van der Waals surface area contributed by atoms with Crippen molar-refractivity contribution in [2.75, 3.05) is 19.0 Å². The van der Waals surface area contributed by atoms with Crippen molar-refractivity contribution in [3.05, 3.63) is 82.1 Å². The van der Waals surface area contributed by atoms with Crippen molar-refractivity contribution in [1.29, 1.82) is 0 Å². The van der Waals surface area contributed by atoms with Crippen LogP contribution < -0.4 is 16.1 Å². The number of benzene rings is 1. The minimum Gasteiger partial charge on any atom is -0.401 e. The van der Waals surface area contributed by atoms with E-state index in [4.69, 9.17) is 22.3 Å². The Morgan fingerprint density at radius 1 is 1.33 bits per heavy atom. The van der Waals surface area contributed by atoms with Crippen molar-refractivity contribution in [2.24, 2.45) is 26.8 Å². The lowest BCUT2D eigenvalue weighted by Gasteiger charge is -2.33. The molecule has 1 aliphatic rings. The Morgan fingerprint density at radius 3 is 2.52 bits per heavy atom. The summed E-state index contributed by atoms with van der Waals surface area (Å²) < 4.78 is 2.07. The normalized spacial score (nSPS) is 16.3. The predicted molar refractivity (Wildman–Crippen MR) is 140 cm³/mol. The lowest BCUT2D eigenvalue weighted by Crippen LogP contribution is -2.34. The maximum Gasteiger partial charge on any atom is 0.158 e. The Labute approximate surface area is 201 Å². The smallest absolute Gasteiger partial charge is 0.158 e. The zero-order valence-corrected chi connectivity index (χ0v) is 20.7. The molecule has 2 N–H and O–H groups in total. The number of aliphatic imine (C=N–C) groups is 1. The van der Waals surface area contributed by atoms with E-state index in [1.54, 1.807) is 0 Å². The van der Waals surface area contributed by atoms with Crippen LogP contribution in [0.15, 0.2) is 75.6 Å². The van der Waals surface area contributed by atoms with E-state index in [-0.39, 0.29) is 6.04 Å². The fourth-order valence-corrected chi connectivity index (χ4v) is 4.27. The van der Waals surface area contributed by atoms with E-state index >= 15 is 0 Å². The number of halogens is 1. The maximum absolute atomic E-state index is 6.57. The van der Waals surface area contributed by atoms with Crippen molar-refractivity contribution < 1.29 is 0 Å². The highest BCUT2D eigenvalue weighted by molar-refractivity contribution is 6.30. The molecular formula is C26H33ClN6. The van der Waals surface area contributed by atoms with Crippen LogP contribution in [0.4, 0.5) is 5.69 Å². The molecule has 0 amide bonds. The molecule has 1 atom stereocenters. The van der Waals surface area contributed by atoms with Crippen LogP contribution in [0, 0.1) is 12.8 Å². The van der Waals surface area contributed by atoms with Crippen molar-refractivity contribution in [3.8, 4) is 0 Å². The van der Waals surface area contributed by atoms with E-state index in [1.165, 1.54) is 0 Å². The first-order chi connectivity index (χ1) is 15.9. The van der Waals surface area contributed by atoms with Gasteiger partial charge in [0, 0.05) is 49.8 Å². The molecule has 7 heteroatoms. The summed E-state index contributed by atoms with van der Waals surface area (Å²) in [6, 6.07) is 9.80. The summed E-state index contributed by atoms with van der Waals surface area (Å²) >= 11 is 6.21. The van der Waals surface area contributed by atoms with E-state index in [2.05, 4.69) is 59.2 Å². The first-order valence-electron chi connectivity index (χ1n) is 11.1. The van der Waals surface area contributed by atoms with Gasteiger partial charge in [-0.2, -0.15) is 5.10 Å². The molecule has 1 aliphatic carbocycles. The molecule has 1 aromatic carbocycles. The topological polar surface area (TPSA) is 71.3 Å². The minimum absolute atomic E-state index is 0.192. The van der Waals surface area contributed by atoms with Crippen LogP contribution in [0.5, 0.6) is 0 Å². The van der Waals surface area contributed by atoms with Crippen LogP contribution in [0.25, 0.3) is 0 Å². The number of pyridine rings is 1. The second-order valence-corrected chi connectivity index (χ2v) is 8.69. The summed E-state index contributed by atoms with van der Waals surface area (Å²) in [7, 11) is 3.88. The van der Waals surface area contributed by atoms with Gasteiger partial charge in [-0.1, -0.05) is 36.4 Å². The highest BCUT2D eigenvalue weighted by Gasteiger charge is 2.31. The number of nitrogens with zero attached hydrogens (tertiary/aromatic N) is 5. The fraction of sp³-hybridized carbons (Fsp3) is 0.346. The van der Waals surface area contributed by atoms with E-state index in [0.29, 0.717) is 10.9 Å².